The van der Waals surface area contributed by atoms with E-state index in [1.165, 1.54) is 23.5 Å². The van der Waals surface area contributed by atoms with Gasteiger partial charge in [-0.15, -0.1) is 0 Å². The van der Waals surface area contributed by atoms with Gasteiger partial charge in [0, 0.05) is 17.2 Å². The highest BCUT2D eigenvalue weighted by molar-refractivity contribution is 7.09. The summed E-state index contributed by atoms with van der Waals surface area (Å²) in [4.78, 5) is 4.26. The summed E-state index contributed by atoms with van der Waals surface area (Å²) in [7, 11) is 0. The van der Waals surface area contributed by atoms with Gasteiger partial charge in [0.05, 0.1) is 0 Å². The molecule has 0 amide bonds. The maximum atomic E-state index is 4.26. The van der Waals surface area contributed by atoms with E-state index in [9.17, 15) is 0 Å². The third-order valence-corrected chi connectivity index (χ3v) is 2.99. The van der Waals surface area contributed by atoms with E-state index in [1.807, 2.05) is 6.92 Å². The standard InChI is InChI=1S/C12H15N3S/c1-3-4-10-5-7-11(8-6-10)14-12-13-9(2)15-16-12/h5-8H,3-4H2,1-2H3,(H,13,14,15). The third-order valence-electron chi connectivity index (χ3n) is 2.27. The first-order chi connectivity index (χ1) is 7.78. The van der Waals surface area contributed by atoms with E-state index in [-0.39, 0.29) is 0 Å². The van der Waals surface area contributed by atoms with Crippen molar-refractivity contribution in [2.45, 2.75) is 26.7 Å². The summed E-state index contributed by atoms with van der Waals surface area (Å²) in [5.74, 6) is 0.815. The van der Waals surface area contributed by atoms with E-state index in [0.29, 0.717) is 0 Å². The van der Waals surface area contributed by atoms with Gasteiger partial charge in [0.2, 0.25) is 5.13 Å². The lowest BCUT2D eigenvalue weighted by Crippen LogP contribution is -1.90. The fourth-order valence-corrected chi connectivity index (χ4v) is 2.11. The van der Waals surface area contributed by atoms with Gasteiger partial charge in [0.1, 0.15) is 5.82 Å². The molecule has 1 heterocycles. The molecule has 0 radical (unpaired) electrons. The summed E-state index contributed by atoms with van der Waals surface area (Å²) in [5.41, 5.74) is 2.44. The van der Waals surface area contributed by atoms with Crippen LogP contribution in [0.3, 0.4) is 0 Å². The van der Waals surface area contributed by atoms with Crippen molar-refractivity contribution in [3.8, 4) is 0 Å². The molecule has 3 nitrogen and oxygen atoms in total. The van der Waals surface area contributed by atoms with Crippen molar-refractivity contribution in [3.63, 3.8) is 0 Å². The Hall–Kier alpha value is -1.42. The molecule has 0 aliphatic rings. The normalized spacial score (nSPS) is 10.4. The number of aromatic nitrogens is 2. The number of aryl methyl sites for hydroxylation is 2. The fraction of sp³-hybridized carbons (Fsp3) is 0.333. The summed E-state index contributed by atoms with van der Waals surface area (Å²) in [6.45, 7) is 4.09. The van der Waals surface area contributed by atoms with Crippen molar-refractivity contribution in [3.05, 3.63) is 35.7 Å². The maximum Gasteiger partial charge on any atom is 0.207 e. The number of hydrogen-bond donors (Lipinski definition) is 1. The molecular formula is C12H15N3S. The Bertz CT molecular complexity index is 448. The summed E-state index contributed by atoms with van der Waals surface area (Å²) in [6.07, 6.45) is 2.32. The second-order valence-corrected chi connectivity index (χ2v) is 4.47. The molecule has 1 aromatic heterocycles. The van der Waals surface area contributed by atoms with Crippen LogP contribution in [0.4, 0.5) is 10.8 Å². The largest absolute Gasteiger partial charge is 0.330 e. The highest BCUT2D eigenvalue weighted by Gasteiger charge is 2.00. The van der Waals surface area contributed by atoms with E-state index in [0.717, 1.165) is 23.1 Å². The lowest BCUT2D eigenvalue weighted by Gasteiger charge is -2.03. The highest BCUT2D eigenvalue weighted by Crippen LogP contribution is 2.18. The number of hydrogen-bond acceptors (Lipinski definition) is 4. The zero-order valence-corrected chi connectivity index (χ0v) is 10.3. The topological polar surface area (TPSA) is 37.8 Å². The minimum atomic E-state index is 0.815. The Kier molecular flexibility index (Phi) is 3.51. The molecule has 1 aromatic carbocycles. The molecular weight excluding hydrogens is 218 g/mol. The van der Waals surface area contributed by atoms with Crippen LogP contribution in [0.2, 0.25) is 0 Å². The number of benzene rings is 1. The Morgan fingerprint density at radius 3 is 2.56 bits per heavy atom. The molecule has 0 aliphatic carbocycles. The van der Waals surface area contributed by atoms with Gasteiger partial charge in [-0.2, -0.15) is 4.37 Å². The third kappa shape index (κ3) is 2.79. The molecule has 84 valence electrons. The van der Waals surface area contributed by atoms with E-state index in [2.05, 4.69) is 45.9 Å². The van der Waals surface area contributed by atoms with Crippen LogP contribution in [0.1, 0.15) is 24.7 Å². The first kappa shape index (κ1) is 11.1. The molecule has 0 fully saturated rings. The molecule has 2 rings (SSSR count). The van der Waals surface area contributed by atoms with Gasteiger partial charge in [-0.05, 0) is 31.0 Å². The smallest absolute Gasteiger partial charge is 0.207 e. The van der Waals surface area contributed by atoms with Crippen LogP contribution in [0.5, 0.6) is 0 Å². The van der Waals surface area contributed by atoms with E-state index >= 15 is 0 Å². The molecule has 0 bridgehead atoms. The Labute approximate surface area is 99.7 Å². The van der Waals surface area contributed by atoms with Gasteiger partial charge in [-0.3, -0.25) is 0 Å². The summed E-state index contributed by atoms with van der Waals surface area (Å²) in [6, 6.07) is 8.48. The Balaban J connectivity index is 2.05. The predicted octanol–water partition coefficient (Wildman–Crippen LogP) is 3.54. The van der Waals surface area contributed by atoms with E-state index in [4.69, 9.17) is 0 Å². The van der Waals surface area contributed by atoms with Gasteiger partial charge in [0.15, 0.2) is 0 Å². The number of nitrogens with zero attached hydrogens (tertiary/aromatic N) is 2. The van der Waals surface area contributed by atoms with Gasteiger partial charge in [-0.25, -0.2) is 4.98 Å². The van der Waals surface area contributed by atoms with Gasteiger partial charge < -0.3 is 5.32 Å². The zero-order chi connectivity index (χ0) is 11.4. The lowest BCUT2D eigenvalue weighted by atomic mass is 10.1. The molecule has 0 saturated carbocycles. The molecule has 0 saturated heterocycles. The maximum absolute atomic E-state index is 4.26. The molecule has 0 unspecified atom stereocenters. The van der Waals surface area contributed by atoms with Crippen LogP contribution >= 0.6 is 11.5 Å². The monoisotopic (exact) mass is 233 g/mol. The molecule has 1 N–H and O–H groups in total. The van der Waals surface area contributed by atoms with Crippen LogP contribution in [-0.2, 0) is 6.42 Å². The van der Waals surface area contributed by atoms with Crippen molar-refractivity contribution < 1.29 is 0 Å². The van der Waals surface area contributed by atoms with Crippen molar-refractivity contribution in [2.75, 3.05) is 5.32 Å². The number of nitrogens with one attached hydrogen (secondary N) is 1. The number of anilines is 2. The van der Waals surface area contributed by atoms with Crippen molar-refractivity contribution in [1.82, 2.24) is 9.36 Å². The summed E-state index contributed by atoms with van der Waals surface area (Å²) < 4.78 is 4.13. The first-order valence-corrected chi connectivity index (χ1v) is 6.21. The SMILES string of the molecule is CCCc1ccc(Nc2nc(C)ns2)cc1. The molecule has 2 aromatic rings. The molecule has 0 aliphatic heterocycles. The molecule has 0 atom stereocenters. The first-order valence-electron chi connectivity index (χ1n) is 5.44. The summed E-state index contributed by atoms with van der Waals surface area (Å²) >= 11 is 1.39. The quantitative estimate of drug-likeness (QED) is 0.877. The average molecular weight is 233 g/mol. The Morgan fingerprint density at radius 1 is 1.25 bits per heavy atom. The van der Waals surface area contributed by atoms with Crippen molar-refractivity contribution in [2.24, 2.45) is 0 Å². The van der Waals surface area contributed by atoms with Crippen LogP contribution in [0.15, 0.2) is 24.3 Å². The molecule has 16 heavy (non-hydrogen) atoms. The second kappa shape index (κ2) is 5.07. The van der Waals surface area contributed by atoms with Crippen LogP contribution in [-0.4, -0.2) is 9.36 Å². The average Bonchev–Trinajstić information content (AvgIpc) is 2.67. The van der Waals surface area contributed by atoms with Crippen molar-refractivity contribution in [1.29, 1.82) is 0 Å². The van der Waals surface area contributed by atoms with Gasteiger partial charge in [0.25, 0.3) is 0 Å². The number of rotatable bonds is 4. The van der Waals surface area contributed by atoms with E-state index in [1.54, 1.807) is 0 Å². The van der Waals surface area contributed by atoms with Crippen LogP contribution < -0.4 is 5.32 Å². The van der Waals surface area contributed by atoms with Crippen LogP contribution in [0.25, 0.3) is 0 Å². The lowest BCUT2D eigenvalue weighted by molar-refractivity contribution is 0.922. The summed E-state index contributed by atoms with van der Waals surface area (Å²) in [5, 5.41) is 4.09. The highest BCUT2D eigenvalue weighted by atomic mass is 32.1. The zero-order valence-electron chi connectivity index (χ0n) is 9.53. The van der Waals surface area contributed by atoms with Gasteiger partial charge in [-0.1, -0.05) is 25.5 Å². The fourth-order valence-electron chi connectivity index (χ4n) is 1.51. The van der Waals surface area contributed by atoms with Crippen molar-refractivity contribution >= 4 is 22.4 Å². The Morgan fingerprint density at radius 2 is 2.00 bits per heavy atom. The predicted molar refractivity (Wildman–Crippen MR) is 68.4 cm³/mol. The minimum Gasteiger partial charge on any atom is -0.330 e. The van der Waals surface area contributed by atoms with Crippen LogP contribution in [0, 0.1) is 6.92 Å². The van der Waals surface area contributed by atoms with Gasteiger partial charge >= 0.3 is 0 Å². The van der Waals surface area contributed by atoms with E-state index < -0.39 is 0 Å². The second-order valence-electron chi connectivity index (χ2n) is 3.72. The molecule has 0 spiro atoms. The molecule has 4 heteroatoms. The minimum absolute atomic E-state index is 0.815.